The summed E-state index contributed by atoms with van der Waals surface area (Å²) in [7, 11) is 0. The fourth-order valence-electron chi connectivity index (χ4n) is 3.09. The second-order valence-electron chi connectivity index (χ2n) is 5.90. The summed E-state index contributed by atoms with van der Waals surface area (Å²) in [5.74, 6) is 0.300. The summed E-state index contributed by atoms with van der Waals surface area (Å²) in [6.07, 6.45) is 4.98. The number of amides is 1. The minimum absolute atomic E-state index is 0.147. The Morgan fingerprint density at radius 2 is 2.08 bits per heavy atom. The molecule has 3 aromatic rings. The molecule has 1 amide bonds. The van der Waals surface area contributed by atoms with E-state index in [4.69, 9.17) is 10.7 Å². The molecule has 3 heterocycles. The topological polar surface area (TPSA) is 85.0 Å². The van der Waals surface area contributed by atoms with Crippen molar-refractivity contribution in [2.45, 2.75) is 18.8 Å². The third-order valence-corrected chi connectivity index (χ3v) is 5.50. The summed E-state index contributed by atoms with van der Waals surface area (Å²) in [5.41, 5.74) is 7.06. The Morgan fingerprint density at radius 3 is 2.92 bits per heavy atom. The highest BCUT2D eigenvalue weighted by molar-refractivity contribution is 7.18. The molecule has 1 fully saturated rings. The first kappa shape index (κ1) is 15.0. The lowest BCUT2D eigenvalue weighted by atomic mass is 9.98. The number of carbonyl (C=O) groups is 1. The van der Waals surface area contributed by atoms with E-state index < -0.39 is 0 Å². The van der Waals surface area contributed by atoms with Crippen molar-refractivity contribution in [3.8, 4) is 0 Å². The van der Waals surface area contributed by atoms with Crippen molar-refractivity contribution in [2.24, 2.45) is 0 Å². The van der Waals surface area contributed by atoms with E-state index in [0.29, 0.717) is 6.54 Å². The van der Waals surface area contributed by atoms with Gasteiger partial charge >= 0.3 is 0 Å². The lowest BCUT2D eigenvalue weighted by Crippen LogP contribution is -2.39. The van der Waals surface area contributed by atoms with Crippen LogP contribution in [0.25, 0.3) is 10.2 Å². The molecule has 24 heavy (non-hydrogen) atoms. The average Bonchev–Trinajstić information content (AvgIpc) is 3.06. The van der Waals surface area contributed by atoms with Crippen LogP contribution in [0.1, 0.15) is 34.3 Å². The summed E-state index contributed by atoms with van der Waals surface area (Å²) in [4.78, 5) is 27.3. The standard InChI is InChI=1S/C17H17N5OS/c18-15-14(19-7-8-20-15)17(23)22-9-3-4-11(10-22)16-21-12-5-1-2-6-13(12)24-16/h1-2,5-8,11H,3-4,9-10H2,(H2,18,20). The molecule has 2 aromatic heterocycles. The van der Waals surface area contributed by atoms with Gasteiger partial charge in [0.1, 0.15) is 0 Å². The number of hydrogen-bond donors (Lipinski definition) is 1. The summed E-state index contributed by atoms with van der Waals surface area (Å²) in [6, 6.07) is 8.14. The summed E-state index contributed by atoms with van der Waals surface area (Å²) >= 11 is 1.71. The zero-order valence-corrected chi connectivity index (χ0v) is 13.9. The SMILES string of the molecule is Nc1nccnc1C(=O)N1CCCC(c2nc3ccccc3s2)C1. The van der Waals surface area contributed by atoms with Crippen LogP contribution in [0.15, 0.2) is 36.7 Å². The molecule has 0 aliphatic carbocycles. The smallest absolute Gasteiger partial charge is 0.276 e. The molecule has 6 nitrogen and oxygen atoms in total. The molecule has 0 bridgehead atoms. The zero-order valence-electron chi connectivity index (χ0n) is 13.1. The van der Waals surface area contributed by atoms with Crippen molar-refractivity contribution in [1.82, 2.24) is 19.9 Å². The van der Waals surface area contributed by atoms with Crippen molar-refractivity contribution in [2.75, 3.05) is 18.8 Å². The average molecular weight is 339 g/mol. The van der Waals surface area contributed by atoms with Crippen LogP contribution < -0.4 is 5.73 Å². The van der Waals surface area contributed by atoms with E-state index in [2.05, 4.69) is 16.0 Å². The van der Waals surface area contributed by atoms with Crippen LogP contribution >= 0.6 is 11.3 Å². The van der Waals surface area contributed by atoms with Gasteiger partial charge in [-0.15, -0.1) is 11.3 Å². The van der Waals surface area contributed by atoms with Gasteiger partial charge in [-0.05, 0) is 25.0 Å². The van der Waals surface area contributed by atoms with E-state index in [-0.39, 0.29) is 23.3 Å². The predicted octanol–water partition coefficient (Wildman–Crippen LogP) is 2.69. The third kappa shape index (κ3) is 2.71. The van der Waals surface area contributed by atoms with Crippen molar-refractivity contribution in [1.29, 1.82) is 0 Å². The highest BCUT2D eigenvalue weighted by Gasteiger charge is 2.29. The first-order valence-electron chi connectivity index (χ1n) is 7.93. The Kier molecular flexibility index (Phi) is 3.86. The first-order valence-corrected chi connectivity index (χ1v) is 8.75. The summed E-state index contributed by atoms with van der Waals surface area (Å²) in [5, 5.41) is 1.10. The second-order valence-corrected chi connectivity index (χ2v) is 6.96. The van der Waals surface area contributed by atoms with E-state index >= 15 is 0 Å². The summed E-state index contributed by atoms with van der Waals surface area (Å²) < 4.78 is 1.19. The van der Waals surface area contributed by atoms with Crippen molar-refractivity contribution in [3.63, 3.8) is 0 Å². The van der Waals surface area contributed by atoms with Gasteiger partial charge in [0.15, 0.2) is 11.5 Å². The molecule has 122 valence electrons. The number of fused-ring (bicyclic) bond motifs is 1. The Balaban J connectivity index is 1.57. The first-order chi connectivity index (χ1) is 11.7. The molecule has 1 aliphatic heterocycles. The number of thiazole rings is 1. The van der Waals surface area contributed by atoms with Gasteiger partial charge in [0, 0.05) is 31.4 Å². The van der Waals surface area contributed by atoms with Gasteiger partial charge in [0.25, 0.3) is 5.91 Å². The van der Waals surface area contributed by atoms with Crippen molar-refractivity contribution < 1.29 is 4.79 Å². The monoisotopic (exact) mass is 339 g/mol. The molecule has 2 N–H and O–H groups in total. The zero-order chi connectivity index (χ0) is 16.5. The number of carbonyl (C=O) groups excluding carboxylic acids is 1. The number of nitrogens with two attached hydrogens (primary N) is 1. The van der Waals surface area contributed by atoms with Crippen molar-refractivity contribution in [3.05, 3.63) is 47.4 Å². The van der Waals surface area contributed by atoms with E-state index in [1.165, 1.54) is 17.1 Å². The molecule has 0 saturated carbocycles. The number of piperidine rings is 1. The van der Waals surface area contributed by atoms with Gasteiger partial charge < -0.3 is 10.6 Å². The maximum absolute atomic E-state index is 12.7. The molecule has 7 heteroatoms. The minimum Gasteiger partial charge on any atom is -0.382 e. The van der Waals surface area contributed by atoms with Gasteiger partial charge in [-0.25, -0.2) is 15.0 Å². The van der Waals surface area contributed by atoms with Crippen LogP contribution in [0.2, 0.25) is 0 Å². The van der Waals surface area contributed by atoms with Gasteiger partial charge in [-0.3, -0.25) is 4.79 Å². The molecular weight excluding hydrogens is 322 g/mol. The molecule has 1 aromatic carbocycles. The van der Waals surface area contributed by atoms with Crippen LogP contribution in [0.3, 0.4) is 0 Å². The molecular formula is C17H17N5OS. The highest BCUT2D eigenvalue weighted by atomic mass is 32.1. The number of aromatic nitrogens is 3. The van der Waals surface area contributed by atoms with Crippen molar-refractivity contribution >= 4 is 33.3 Å². The highest BCUT2D eigenvalue weighted by Crippen LogP contribution is 2.33. The van der Waals surface area contributed by atoms with Crippen LogP contribution in [0.5, 0.6) is 0 Å². The predicted molar refractivity (Wildman–Crippen MR) is 93.9 cm³/mol. The number of anilines is 1. The lowest BCUT2D eigenvalue weighted by molar-refractivity contribution is 0.0702. The van der Waals surface area contributed by atoms with Crippen LogP contribution in [0.4, 0.5) is 5.82 Å². The molecule has 0 radical (unpaired) electrons. The Bertz CT molecular complexity index is 860. The van der Waals surface area contributed by atoms with Gasteiger partial charge in [-0.2, -0.15) is 0 Å². The quantitative estimate of drug-likeness (QED) is 0.776. The molecule has 1 aliphatic rings. The third-order valence-electron chi connectivity index (χ3n) is 4.30. The molecule has 1 saturated heterocycles. The number of nitrogens with zero attached hydrogens (tertiary/aromatic N) is 4. The number of nitrogen functional groups attached to an aromatic ring is 1. The molecule has 4 rings (SSSR count). The van der Waals surface area contributed by atoms with Gasteiger partial charge in [-0.1, -0.05) is 12.1 Å². The largest absolute Gasteiger partial charge is 0.382 e. The fraction of sp³-hybridized carbons (Fsp3) is 0.294. The second kappa shape index (κ2) is 6.16. The maximum Gasteiger partial charge on any atom is 0.276 e. The van der Waals surface area contributed by atoms with E-state index in [0.717, 1.165) is 29.9 Å². The van der Waals surface area contributed by atoms with Crippen LogP contribution in [0, 0.1) is 0 Å². The maximum atomic E-state index is 12.7. The van der Waals surface area contributed by atoms with Crippen LogP contribution in [-0.4, -0.2) is 38.8 Å². The Labute approximate surface area is 143 Å². The molecule has 1 atom stereocenters. The van der Waals surface area contributed by atoms with Gasteiger partial charge in [0.05, 0.1) is 15.2 Å². The lowest BCUT2D eigenvalue weighted by Gasteiger charge is -2.31. The summed E-state index contributed by atoms with van der Waals surface area (Å²) in [6.45, 7) is 1.37. The normalized spacial score (nSPS) is 18.0. The van der Waals surface area contributed by atoms with E-state index in [1.54, 1.807) is 11.3 Å². The van der Waals surface area contributed by atoms with E-state index in [9.17, 15) is 4.79 Å². The Morgan fingerprint density at radius 1 is 1.25 bits per heavy atom. The fourth-order valence-corrected chi connectivity index (χ4v) is 4.18. The minimum atomic E-state index is -0.147. The van der Waals surface area contributed by atoms with Gasteiger partial charge in [0.2, 0.25) is 0 Å². The molecule has 1 unspecified atom stereocenters. The molecule has 0 spiro atoms. The number of benzene rings is 1. The number of rotatable bonds is 2. The number of hydrogen-bond acceptors (Lipinski definition) is 6. The van der Waals surface area contributed by atoms with Crippen LogP contribution in [-0.2, 0) is 0 Å². The number of para-hydroxylation sites is 1. The Hall–Kier alpha value is -2.54. The number of likely N-dealkylation sites (tertiary alicyclic amines) is 1. The van der Waals surface area contributed by atoms with E-state index in [1.807, 2.05) is 23.1 Å².